The van der Waals surface area contributed by atoms with Gasteiger partial charge in [-0.05, 0) is 63.7 Å². The summed E-state index contributed by atoms with van der Waals surface area (Å²) in [6, 6.07) is 13.2. The van der Waals surface area contributed by atoms with Crippen molar-refractivity contribution in [2.24, 2.45) is 5.41 Å². The topological polar surface area (TPSA) is 88.6 Å². The highest BCUT2D eigenvalue weighted by atomic mass is 79.9. The lowest BCUT2D eigenvalue weighted by Gasteiger charge is -2.37. The number of ketones is 1. The Balaban J connectivity index is 1.70. The van der Waals surface area contributed by atoms with E-state index in [2.05, 4.69) is 26.2 Å². The van der Waals surface area contributed by atoms with Crippen molar-refractivity contribution in [2.75, 3.05) is 15.9 Å². The van der Waals surface area contributed by atoms with Crippen LogP contribution in [0, 0.1) is 5.41 Å². The minimum Gasteiger partial charge on any atom is -0.456 e. The second-order valence-corrected chi connectivity index (χ2v) is 13.1. The third-order valence-corrected chi connectivity index (χ3v) is 8.54. The summed E-state index contributed by atoms with van der Waals surface area (Å²) in [4.78, 5) is 17.8. The average Bonchev–Trinajstić information content (AvgIpc) is 2.94. The van der Waals surface area contributed by atoms with Crippen LogP contribution in [0.4, 0.5) is 11.4 Å². The van der Waals surface area contributed by atoms with E-state index in [1.165, 1.54) is 10.5 Å². The Hall–Kier alpha value is -2.88. The van der Waals surface area contributed by atoms with Gasteiger partial charge in [-0.1, -0.05) is 43.6 Å². The predicted octanol–water partition coefficient (Wildman–Crippen LogP) is 6.87. The molecule has 0 fully saturated rings. The highest BCUT2D eigenvalue weighted by Crippen LogP contribution is 2.50. The lowest BCUT2D eigenvalue weighted by molar-refractivity contribution is -0.118. The molecule has 1 aromatic heterocycles. The number of carbonyl (C=O) groups is 1. The molecule has 1 N–H and O–H groups in total. The number of benzene rings is 2. The normalized spacial score (nSPS) is 19.0. The number of para-hydroxylation sites is 1. The summed E-state index contributed by atoms with van der Waals surface area (Å²) in [6.45, 7) is 4.05. The van der Waals surface area contributed by atoms with E-state index in [-0.39, 0.29) is 22.6 Å². The van der Waals surface area contributed by atoms with Crippen molar-refractivity contribution >= 4 is 54.7 Å². The molecule has 5 rings (SSSR count). The van der Waals surface area contributed by atoms with Gasteiger partial charge in [0, 0.05) is 28.9 Å². The van der Waals surface area contributed by atoms with E-state index < -0.39 is 16.1 Å². The molecule has 0 radical (unpaired) electrons. The number of nitrogens with one attached hydrogen (secondary N) is 1. The number of carbonyl (C=O) groups excluding carboxylic acids is 1. The molecule has 10 heteroatoms. The minimum absolute atomic E-state index is 0.122. The predicted molar refractivity (Wildman–Crippen MR) is 149 cm³/mol. The molecule has 3 aromatic rings. The van der Waals surface area contributed by atoms with Crippen molar-refractivity contribution in [3.05, 3.63) is 87.3 Å². The standard InChI is InChI=1S/C27H25BrClN3O4S/c1-27(2)13-20-25(23(33)14-27)26(32(37(3,34)35)22-10-11-30-15-21(22)31-20)17-9-8-16(12-19(17)29)36-24-7-5-4-6-18(24)28/h4-12,15,26,31H,13-14H2,1-3H3. The first-order valence-corrected chi connectivity index (χ1v) is 14.6. The van der Waals surface area contributed by atoms with Gasteiger partial charge < -0.3 is 10.1 Å². The van der Waals surface area contributed by atoms with Gasteiger partial charge >= 0.3 is 0 Å². The second kappa shape index (κ2) is 9.45. The Morgan fingerprint density at radius 1 is 1.16 bits per heavy atom. The maximum Gasteiger partial charge on any atom is 0.233 e. The fourth-order valence-electron chi connectivity index (χ4n) is 4.96. The lowest BCUT2D eigenvalue weighted by Crippen LogP contribution is -2.39. The number of rotatable bonds is 4. The van der Waals surface area contributed by atoms with Crippen LogP contribution in [0.25, 0.3) is 0 Å². The number of sulfonamides is 1. The van der Waals surface area contributed by atoms with Gasteiger partial charge in [0.25, 0.3) is 0 Å². The van der Waals surface area contributed by atoms with Crippen LogP contribution in [0.3, 0.4) is 0 Å². The molecular weight excluding hydrogens is 578 g/mol. The summed E-state index contributed by atoms with van der Waals surface area (Å²) in [5, 5.41) is 3.62. The van der Waals surface area contributed by atoms with E-state index in [1.54, 1.807) is 30.5 Å². The van der Waals surface area contributed by atoms with Crippen molar-refractivity contribution in [1.29, 1.82) is 0 Å². The van der Waals surface area contributed by atoms with Crippen molar-refractivity contribution < 1.29 is 17.9 Å². The van der Waals surface area contributed by atoms with Crippen molar-refractivity contribution in [3.63, 3.8) is 0 Å². The largest absolute Gasteiger partial charge is 0.456 e. The van der Waals surface area contributed by atoms with Gasteiger partial charge in [0.1, 0.15) is 17.5 Å². The van der Waals surface area contributed by atoms with Gasteiger partial charge in [-0.15, -0.1) is 0 Å². The number of hydrogen-bond acceptors (Lipinski definition) is 6. The minimum atomic E-state index is -3.86. The molecule has 0 spiro atoms. The Kier molecular flexibility index (Phi) is 6.58. The molecule has 7 nitrogen and oxygen atoms in total. The number of hydrogen-bond donors (Lipinski definition) is 1. The van der Waals surface area contributed by atoms with Gasteiger partial charge in [0.15, 0.2) is 5.78 Å². The maximum absolute atomic E-state index is 13.7. The molecule has 2 heterocycles. The lowest BCUT2D eigenvalue weighted by atomic mass is 9.73. The first kappa shape index (κ1) is 25.8. The number of allylic oxidation sites excluding steroid dienone is 1. The number of halogens is 2. The Labute approximate surface area is 229 Å². The molecule has 1 aliphatic carbocycles. The number of nitrogens with zero attached hydrogens (tertiary/aromatic N) is 2. The summed E-state index contributed by atoms with van der Waals surface area (Å²) in [5.41, 5.74) is 2.17. The van der Waals surface area contributed by atoms with Crippen molar-refractivity contribution in [2.45, 2.75) is 32.7 Å². The molecule has 0 amide bonds. The fourth-order valence-corrected chi connectivity index (χ4v) is 6.72. The monoisotopic (exact) mass is 601 g/mol. The summed E-state index contributed by atoms with van der Waals surface area (Å²) in [7, 11) is -3.86. The molecule has 0 saturated carbocycles. The zero-order chi connectivity index (χ0) is 26.5. The van der Waals surface area contributed by atoms with Crippen LogP contribution < -0.4 is 14.4 Å². The Bertz CT molecular complexity index is 1550. The molecule has 2 aromatic carbocycles. The maximum atomic E-state index is 13.7. The first-order valence-electron chi connectivity index (χ1n) is 11.6. The van der Waals surface area contributed by atoms with Gasteiger partial charge in [-0.3, -0.25) is 14.1 Å². The smallest absolute Gasteiger partial charge is 0.233 e. The van der Waals surface area contributed by atoms with Crippen LogP contribution in [-0.4, -0.2) is 25.4 Å². The van der Waals surface area contributed by atoms with E-state index in [9.17, 15) is 13.2 Å². The molecular formula is C27H25BrClN3O4S. The molecule has 0 saturated heterocycles. The van der Waals surface area contributed by atoms with Crippen LogP contribution in [0.2, 0.25) is 5.02 Å². The quantitative estimate of drug-likeness (QED) is 0.351. The van der Waals surface area contributed by atoms with Gasteiger partial charge in [0.2, 0.25) is 10.0 Å². The van der Waals surface area contributed by atoms with Crippen LogP contribution in [0.15, 0.2) is 76.7 Å². The summed E-state index contributed by atoms with van der Waals surface area (Å²) >= 11 is 10.3. The fraction of sp³-hybridized carbons (Fsp3) is 0.259. The highest BCUT2D eigenvalue weighted by Gasteiger charge is 2.44. The van der Waals surface area contributed by atoms with Gasteiger partial charge in [0.05, 0.1) is 28.3 Å². The third-order valence-electron chi connectivity index (χ3n) is 6.44. The number of pyridine rings is 1. The van der Waals surface area contributed by atoms with Crippen LogP contribution in [0.1, 0.15) is 38.3 Å². The first-order chi connectivity index (χ1) is 17.4. The number of ether oxygens (including phenoxy) is 1. The summed E-state index contributed by atoms with van der Waals surface area (Å²) < 4.78 is 34.7. The zero-order valence-corrected chi connectivity index (χ0v) is 23.6. The number of anilines is 2. The van der Waals surface area contributed by atoms with Crippen LogP contribution in [0.5, 0.6) is 11.5 Å². The van der Waals surface area contributed by atoms with E-state index in [1.807, 2.05) is 38.1 Å². The Morgan fingerprint density at radius 3 is 2.62 bits per heavy atom. The Morgan fingerprint density at radius 2 is 1.92 bits per heavy atom. The summed E-state index contributed by atoms with van der Waals surface area (Å²) in [6.07, 6.45) is 5.09. The molecule has 1 unspecified atom stereocenters. The third kappa shape index (κ3) is 5.00. The van der Waals surface area contributed by atoms with Gasteiger partial charge in [-0.25, -0.2) is 8.42 Å². The van der Waals surface area contributed by atoms with Gasteiger partial charge in [-0.2, -0.15) is 0 Å². The summed E-state index contributed by atoms with van der Waals surface area (Å²) in [5.74, 6) is 0.967. The number of aromatic nitrogens is 1. The van der Waals surface area contributed by atoms with E-state index in [0.29, 0.717) is 46.1 Å². The number of Topliss-reactive ketones (excluding diaryl/α,β-unsaturated/α-hetero) is 1. The highest BCUT2D eigenvalue weighted by molar-refractivity contribution is 9.10. The average molecular weight is 603 g/mol. The van der Waals surface area contributed by atoms with Crippen molar-refractivity contribution in [1.82, 2.24) is 4.98 Å². The van der Waals surface area contributed by atoms with Crippen LogP contribution >= 0.6 is 27.5 Å². The molecule has 37 heavy (non-hydrogen) atoms. The van der Waals surface area contributed by atoms with E-state index in [4.69, 9.17) is 16.3 Å². The van der Waals surface area contributed by atoms with Crippen LogP contribution in [-0.2, 0) is 14.8 Å². The molecule has 192 valence electrons. The molecule has 1 atom stereocenters. The number of fused-ring (bicyclic) bond motifs is 1. The molecule has 0 bridgehead atoms. The molecule has 2 aliphatic rings. The molecule has 1 aliphatic heterocycles. The zero-order valence-electron chi connectivity index (χ0n) is 20.5. The second-order valence-electron chi connectivity index (χ2n) is 10.0. The SMILES string of the molecule is CC1(C)CC(=O)C2=C(C1)Nc1cnccc1N(S(C)(=O)=O)C2c1ccc(Oc2ccccc2Br)cc1Cl. The van der Waals surface area contributed by atoms with Crippen molar-refractivity contribution in [3.8, 4) is 11.5 Å². The van der Waals surface area contributed by atoms with E-state index >= 15 is 0 Å². The van der Waals surface area contributed by atoms with E-state index in [0.717, 1.165) is 10.7 Å².